The second-order valence-corrected chi connectivity index (χ2v) is 6.77. The number of nitrogens with one attached hydrogen (secondary N) is 2. The molecule has 0 saturated carbocycles. The fraction of sp³-hybridized carbons (Fsp3) is 0.300. The van der Waals surface area contributed by atoms with Gasteiger partial charge in [-0.2, -0.15) is 0 Å². The van der Waals surface area contributed by atoms with E-state index in [4.69, 9.17) is 11.6 Å². The third kappa shape index (κ3) is 5.56. The van der Waals surface area contributed by atoms with E-state index < -0.39 is 6.04 Å². The minimum Gasteiger partial charge on any atom is -0.354 e. The van der Waals surface area contributed by atoms with Crippen molar-refractivity contribution >= 4 is 23.4 Å². The minimum absolute atomic E-state index is 0.0975. The first-order valence-electron chi connectivity index (χ1n) is 8.46. The van der Waals surface area contributed by atoms with Crippen molar-refractivity contribution in [2.24, 2.45) is 5.92 Å². The predicted molar refractivity (Wildman–Crippen MR) is 101 cm³/mol. The summed E-state index contributed by atoms with van der Waals surface area (Å²) in [6, 6.07) is 12.2. The molecule has 2 rings (SSSR count). The van der Waals surface area contributed by atoms with Crippen molar-refractivity contribution in [3.05, 3.63) is 70.5 Å². The Morgan fingerprint density at radius 1 is 1.08 bits per heavy atom. The number of carbonyl (C=O) groups excluding carboxylic acids is 2. The van der Waals surface area contributed by atoms with E-state index in [0.29, 0.717) is 29.1 Å². The lowest BCUT2D eigenvalue weighted by atomic mass is 10.0. The molecule has 4 nitrogen and oxygen atoms in total. The monoisotopic (exact) mass is 376 g/mol. The molecule has 1 atom stereocenters. The summed E-state index contributed by atoms with van der Waals surface area (Å²) < 4.78 is 13.6. The molecule has 0 bridgehead atoms. The van der Waals surface area contributed by atoms with Crippen LogP contribution in [0.1, 0.15) is 29.8 Å². The molecule has 138 valence electrons. The zero-order valence-corrected chi connectivity index (χ0v) is 15.5. The zero-order valence-electron chi connectivity index (χ0n) is 14.8. The highest BCUT2D eigenvalue weighted by Crippen LogP contribution is 2.11. The van der Waals surface area contributed by atoms with Gasteiger partial charge in [0.15, 0.2) is 0 Å². The molecule has 2 N–H and O–H groups in total. The summed E-state index contributed by atoms with van der Waals surface area (Å²) >= 11 is 5.82. The molecule has 0 heterocycles. The third-order valence-corrected chi connectivity index (χ3v) is 4.25. The van der Waals surface area contributed by atoms with Crippen LogP contribution in [0.4, 0.5) is 4.39 Å². The molecule has 2 aromatic rings. The lowest BCUT2D eigenvalue weighted by Gasteiger charge is -2.22. The van der Waals surface area contributed by atoms with Crippen LogP contribution in [0, 0.1) is 11.7 Å². The summed E-state index contributed by atoms with van der Waals surface area (Å²) in [6.07, 6.45) is 0.383. The summed E-state index contributed by atoms with van der Waals surface area (Å²) in [5.41, 5.74) is 0.971. The Labute approximate surface area is 157 Å². The van der Waals surface area contributed by atoms with Gasteiger partial charge in [-0.3, -0.25) is 9.59 Å². The Kier molecular flexibility index (Phi) is 7.16. The molecule has 2 aromatic carbocycles. The number of hydrogen-bond acceptors (Lipinski definition) is 2. The van der Waals surface area contributed by atoms with E-state index >= 15 is 0 Å². The van der Waals surface area contributed by atoms with E-state index in [9.17, 15) is 14.0 Å². The van der Waals surface area contributed by atoms with Crippen LogP contribution in [-0.4, -0.2) is 24.4 Å². The number of carbonyl (C=O) groups is 2. The Hall–Kier alpha value is -2.40. The maximum absolute atomic E-state index is 13.6. The topological polar surface area (TPSA) is 58.2 Å². The first-order valence-corrected chi connectivity index (χ1v) is 8.84. The normalized spacial score (nSPS) is 11.9. The Morgan fingerprint density at radius 2 is 1.73 bits per heavy atom. The number of hydrogen-bond donors (Lipinski definition) is 2. The molecule has 0 aliphatic rings. The van der Waals surface area contributed by atoms with Crippen molar-refractivity contribution in [3.63, 3.8) is 0 Å². The molecule has 26 heavy (non-hydrogen) atoms. The molecule has 0 aromatic heterocycles. The van der Waals surface area contributed by atoms with E-state index in [-0.39, 0.29) is 23.5 Å². The second-order valence-electron chi connectivity index (χ2n) is 6.33. The summed E-state index contributed by atoms with van der Waals surface area (Å²) in [7, 11) is 0. The van der Waals surface area contributed by atoms with E-state index in [1.54, 1.807) is 42.5 Å². The smallest absolute Gasteiger partial charge is 0.251 e. The van der Waals surface area contributed by atoms with Crippen molar-refractivity contribution in [2.45, 2.75) is 26.3 Å². The van der Waals surface area contributed by atoms with Crippen LogP contribution in [0.5, 0.6) is 0 Å². The molecule has 0 aliphatic heterocycles. The van der Waals surface area contributed by atoms with Crippen LogP contribution in [-0.2, 0) is 11.2 Å². The summed E-state index contributed by atoms with van der Waals surface area (Å²) in [4.78, 5) is 24.8. The van der Waals surface area contributed by atoms with Crippen LogP contribution in [0.25, 0.3) is 0 Å². The van der Waals surface area contributed by atoms with Gasteiger partial charge in [0.25, 0.3) is 5.91 Å². The van der Waals surface area contributed by atoms with Gasteiger partial charge in [-0.25, -0.2) is 4.39 Å². The lowest BCUT2D eigenvalue weighted by molar-refractivity contribution is -0.123. The van der Waals surface area contributed by atoms with Gasteiger partial charge in [0, 0.05) is 17.1 Å². The van der Waals surface area contributed by atoms with Crippen molar-refractivity contribution in [3.8, 4) is 0 Å². The van der Waals surface area contributed by atoms with E-state index in [0.717, 1.165) is 0 Å². The number of rotatable bonds is 7. The fourth-order valence-electron chi connectivity index (χ4n) is 2.49. The van der Waals surface area contributed by atoms with Gasteiger partial charge in [0.1, 0.15) is 11.9 Å². The highest BCUT2D eigenvalue weighted by atomic mass is 35.5. The molecular formula is C20H22ClFN2O2. The fourth-order valence-corrected chi connectivity index (χ4v) is 2.62. The van der Waals surface area contributed by atoms with Gasteiger partial charge < -0.3 is 10.6 Å². The van der Waals surface area contributed by atoms with E-state index in [2.05, 4.69) is 10.6 Å². The average molecular weight is 377 g/mol. The quantitative estimate of drug-likeness (QED) is 0.775. The van der Waals surface area contributed by atoms with Crippen LogP contribution in [0.2, 0.25) is 5.02 Å². The maximum atomic E-state index is 13.6. The highest BCUT2D eigenvalue weighted by Gasteiger charge is 2.24. The lowest BCUT2D eigenvalue weighted by Crippen LogP contribution is -2.50. The van der Waals surface area contributed by atoms with Gasteiger partial charge in [-0.15, -0.1) is 0 Å². The second kappa shape index (κ2) is 9.34. The number of halogens is 2. The molecule has 0 aliphatic carbocycles. The van der Waals surface area contributed by atoms with Gasteiger partial charge in [0.2, 0.25) is 5.91 Å². The summed E-state index contributed by atoms with van der Waals surface area (Å²) in [6.45, 7) is 3.99. The van der Waals surface area contributed by atoms with Gasteiger partial charge >= 0.3 is 0 Å². The molecule has 0 unspecified atom stereocenters. The standard InChI is InChI=1S/C20H22ClFN2O2/c1-13(2)18(24-19(25)15-7-9-16(21)10-8-15)20(26)23-12-11-14-5-3-4-6-17(14)22/h3-10,13,18H,11-12H2,1-2H3,(H,23,26)(H,24,25)/t18-/m0/s1. The van der Waals surface area contributed by atoms with E-state index in [1.807, 2.05) is 13.8 Å². The van der Waals surface area contributed by atoms with Crippen molar-refractivity contribution < 1.29 is 14.0 Å². The van der Waals surface area contributed by atoms with Crippen molar-refractivity contribution in [1.82, 2.24) is 10.6 Å². The highest BCUT2D eigenvalue weighted by molar-refractivity contribution is 6.30. The van der Waals surface area contributed by atoms with Gasteiger partial charge in [0.05, 0.1) is 0 Å². The van der Waals surface area contributed by atoms with Gasteiger partial charge in [-0.1, -0.05) is 43.6 Å². The van der Waals surface area contributed by atoms with Crippen molar-refractivity contribution in [1.29, 1.82) is 0 Å². The molecule has 0 saturated heterocycles. The molecule has 0 fully saturated rings. The first-order chi connectivity index (χ1) is 12.4. The Balaban J connectivity index is 1.93. The van der Waals surface area contributed by atoms with Crippen LogP contribution < -0.4 is 10.6 Å². The molecule has 6 heteroatoms. The third-order valence-electron chi connectivity index (χ3n) is 3.99. The zero-order chi connectivity index (χ0) is 19.1. The molecular weight excluding hydrogens is 355 g/mol. The SMILES string of the molecule is CC(C)[C@H](NC(=O)c1ccc(Cl)cc1)C(=O)NCCc1ccccc1F. The Bertz CT molecular complexity index is 763. The maximum Gasteiger partial charge on any atom is 0.251 e. The first kappa shape index (κ1) is 19.9. The number of amides is 2. The Morgan fingerprint density at radius 3 is 2.35 bits per heavy atom. The summed E-state index contributed by atoms with van der Waals surface area (Å²) in [5.74, 6) is -1.03. The van der Waals surface area contributed by atoms with Crippen LogP contribution >= 0.6 is 11.6 Å². The number of benzene rings is 2. The van der Waals surface area contributed by atoms with Gasteiger partial charge in [-0.05, 0) is 48.2 Å². The minimum atomic E-state index is -0.682. The average Bonchev–Trinajstić information content (AvgIpc) is 2.61. The predicted octanol–water partition coefficient (Wildman–Crippen LogP) is 3.59. The van der Waals surface area contributed by atoms with Crippen LogP contribution in [0.3, 0.4) is 0 Å². The molecule has 0 spiro atoms. The molecule has 0 radical (unpaired) electrons. The van der Waals surface area contributed by atoms with Crippen molar-refractivity contribution in [2.75, 3.05) is 6.54 Å². The van der Waals surface area contributed by atoms with Crippen LogP contribution in [0.15, 0.2) is 48.5 Å². The molecule has 2 amide bonds. The summed E-state index contributed by atoms with van der Waals surface area (Å²) in [5, 5.41) is 6.04. The largest absolute Gasteiger partial charge is 0.354 e. The van der Waals surface area contributed by atoms with E-state index in [1.165, 1.54) is 6.07 Å².